The highest BCUT2D eigenvalue weighted by atomic mass is 35.5. The molecule has 1 atom stereocenters. The SMILES string of the molecule is Cc1ccc(OCC(=O)N(Cc2ccc(Cl)cc2Cl)[C@@H](Cc2ccccc2)C(=O)NC2CCCCC2)cc1. The van der Waals surface area contributed by atoms with Crippen LogP contribution < -0.4 is 10.1 Å². The van der Waals surface area contributed by atoms with Crippen molar-refractivity contribution in [2.24, 2.45) is 0 Å². The van der Waals surface area contributed by atoms with E-state index in [0.29, 0.717) is 27.8 Å². The molecule has 2 amide bonds. The Kier molecular flexibility index (Phi) is 10.1. The van der Waals surface area contributed by atoms with Gasteiger partial charge in [-0.1, -0.05) is 96.6 Å². The van der Waals surface area contributed by atoms with Crippen LogP contribution in [0.15, 0.2) is 72.8 Å². The Morgan fingerprint density at radius 1 is 0.974 bits per heavy atom. The van der Waals surface area contributed by atoms with Crippen molar-refractivity contribution in [3.63, 3.8) is 0 Å². The molecule has 0 bridgehead atoms. The van der Waals surface area contributed by atoms with Crippen molar-refractivity contribution in [3.05, 3.63) is 99.5 Å². The van der Waals surface area contributed by atoms with Crippen LogP contribution in [-0.2, 0) is 22.6 Å². The summed E-state index contributed by atoms with van der Waals surface area (Å²) >= 11 is 12.6. The van der Waals surface area contributed by atoms with E-state index in [1.807, 2.05) is 61.5 Å². The molecule has 1 fully saturated rings. The molecular formula is C31H34Cl2N2O3. The Morgan fingerprint density at radius 2 is 1.68 bits per heavy atom. The number of carbonyl (C=O) groups excluding carboxylic acids is 2. The van der Waals surface area contributed by atoms with Crippen LogP contribution in [0, 0.1) is 6.92 Å². The molecule has 4 rings (SSSR count). The van der Waals surface area contributed by atoms with Gasteiger partial charge in [0.15, 0.2) is 6.61 Å². The lowest BCUT2D eigenvalue weighted by atomic mass is 9.94. The van der Waals surface area contributed by atoms with Gasteiger partial charge in [0.1, 0.15) is 11.8 Å². The maximum atomic E-state index is 13.8. The van der Waals surface area contributed by atoms with E-state index in [-0.39, 0.29) is 31.0 Å². The fraction of sp³-hybridized carbons (Fsp3) is 0.355. The lowest BCUT2D eigenvalue weighted by Gasteiger charge is -2.33. The van der Waals surface area contributed by atoms with Gasteiger partial charge in [0.25, 0.3) is 5.91 Å². The van der Waals surface area contributed by atoms with Crippen LogP contribution in [0.25, 0.3) is 0 Å². The Hall–Kier alpha value is -3.02. The van der Waals surface area contributed by atoms with Gasteiger partial charge in [-0.25, -0.2) is 0 Å². The van der Waals surface area contributed by atoms with Gasteiger partial charge in [-0.2, -0.15) is 0 Å². The largest absolute Gasteiger partial charge is 0.484 e. The Bertz CT molecular complexity index is 1210. The third kappa shape index (κ3) is 7.99. The zero-order valence-corrected chi connectivity index (χ0v) is 23.2. The summed E-state index contributed by atoms with van der Waals surface area (Å²) in [6, 6.07) is 21.9. The standard InChI is InChI=1S/C31H34Cl2N2O3/c1-22-12-16-27(17-13-22)38-21-30(36)35(20-24-14-15-25(32)19-28(24)33)29(18-23-8-4-2-5-9-23)31(37)34-26-10-6-3-7-11-26/h2,4-5,8-9,12-17,19,26,29H,3,6-7,10-11,18,20-21H2,1H3,(H,34,37)/t29-/m0/s1. The third-order valence-electron chi connectivity index (χ3n) is 6.96. The number of halogens is 2. The summed E-state index contributed by atoms with van der Waals surface area (Å²) in [4.78, 5) is 29.1. The second-order valence-electron chi connectivity index (χ2n) is 9.91. The van der Waals surface area contributed by atoms with Gasteiger partial charge in [0.2, 0.25) is 5.91 Å². The Morgan fingerprint density at radius 3 is 2.37 bits per heavy atom. The number of benzene rings is 3. The third-order valence-corrected chi connectivity index (χ3v) is 7.55. The minimum absolute atomic E-state index is 0.120. The van der Waals surface area contributed by atoms with Crippen LogP contribution in [0.2, 0.25) is 10.0 Å². The smallest absolute Gasteiger partial charge is 0.261 e. The normalized spacial score (nSPS) is 14.5. The van der Waals surface area contributed by atoms with E-state index in [4.69, 9.17) is 27.9 Å². The molecule has 1 saturated carbocycles. The molecule has 1 N–H and O–H groups in total. The molecule has 38 heavy (non-hydrogen) atoms. The molecule has 1 aliphatic rings. The molecule has 0 aliphatic heterocycles. The predicted molar refractivity (Wildman–Crippen MR) is 153 cm³/mol. The maximum absolute atomic E-state index is 13.8. The zero-order chi connectivity index (χ0) is 26.9. The van der Waals surface area contributed by atoms with Crippen LogP contribution >= 0.6 is 23.2 Å². The van der Waals surface area contributed by atoms with Gasteiger partial charge in [0, 0.05) is 29.1 Å². The first kappa shape index (κ1) is 28.0. The quantitative estimate of drug-likeness (QED) is 0.302. The molecule has 0 unspecified atom stereocenters. The van der Waals surface area contributed by atoms with E-state index < -0.39 is 6.04 Å². The lowest BCUT2D eigenvalue weighted by Crippen LogP contribution is -2.53. The van der Waals surface area contributed by atoms with E-state index in [1.54, 1.807) is 23.1 Å². The van der Waals surface area contributed by atoms with Crippen molar-refractivity contribution in [3.8, 4) is 5.75 Å². The van der Waals surface area contributed by atoms with Crippen molar-refractivity contribution in [2.75, 3.05) is 6.61 Å². The molecule has 0 radical (unpaired) electrons. The van der Waals surface area contributed by atoms with Crippen LogP contribution in [-0.4, -0.2) is 35.4 Å². The minimum Gasteiger partial charge on any atom is -0.484 e. The van der Waals surface area contributed by atoms with E-state index in [2.05, 4.69) is 5.32 Å². The highest BCUT2D eigenvalue weighted by molar-refractivity contribution is 6.35. The molecule has 3 aromatic rings. The highest BCUT2D eigenvalue weighted by Gasteiger charge is 2.32. The van der Waals surface area contributed by atoms with Crippen LogP contribution in [0.4, 0.5) is 0 Å². The van der Waals surface area contributed by atoms with E-state index >= 15 is 0 Å². The van der Waals surface area contributed by atoms with Gasteiger partial charge < -0.3 is 15.0 Å². The number of carbonyl (C=O) groups is 2. The van der Waals surface area contributed by atoms with Gasteiger partial charge in [0.05, 0.1) is 0 Å². The second-order valence-corrected chi connectivity index (χ2v) is 10.8. The molecule has 1 aliphatic carbocycles. The summed E-state index contributed by atoms with van der Waals surface area (Å²) in [5.41, 5.74) is 2.78. The number of rotatable bonds is 10. The molecular weight excluding hydrogens is 519 g/mol. The fourth-order valence-electron chi connectivity index (χ4n) is 4.79. The molecule has 5 nitrogen and oxygen atoms in total. The second kappa shape index (κ2) is 13.7. The first-order valence-electron chi connectivity index (χ1n) is 13.2. The first-order chi connectivity index (χ1) is 18.4. The summed E-state index contributed by atoms with van der Waals surface area (Å²) in [6.45, 7) is 1.95. The summed E-state index contributed by atoms with van der Waals surface area (Å²) in [5, 5.41) is 4.19. The zero-order valence-electron chi connectivity index (χ0n) is 21.7. The van der Waals surface area contributed by atoms with E-state index in [0.717, 1.165) is 36.8 Å². The lowest BCUT2D eigenvalue weighted by molar-refractivity contribution is -0.143. The maximum Gasteiger partial charge on any atom is 0.261 e. The van der Waals surface area contributed by atoms with E-state index in [1.165, 1.54) is 6.42 Å². The molecule has 0 saturated heterocycles. The van der Waals surface area contributed by atoms with Crippen molar-refractivity contribution in [2.45, 2.75) is 64.1 Å². The number of hydrogen-bond donors (Lipinski definition) is 1. The predicted octanol–water partition coefficient (Wildman–Crippen LogP) is 6.77. The van der Waals surface area contributed by atoms with Crippen LogP contribution in [0.3, 0.4) is 0 Å². The summed E-state index contributed by atoms with van der Waals surface area (Å²) in [7, 11) is 0. The molecule has 0 heterocycles. The number of ether oxygens (including phenoxy) is 1. The number of amides is 2. The van der Waals surface area contributed by atoms with Crippen molar-refractivity contribution in [1.82, 2.24) is 10.2 Å². The first-order valence-corrected chi connectivity index (χ1v) is 13.9. The monoisotopic (exact) mass is 552 g/mol. The van der Waals surface area contributed by atoms with Crippen LogP contribution in [0.5, 0.6) is 5.75 Å². The number of nitrogens with zero attached hydrogens (tertiary/aromatic N) is 1. The summed E-state index contributed by atoms with van der Waals surface area (Å²) < 4.78 is 5.84. The van der Waals surface area contributed by atoms with Crippen molar-refractivity contribution >= 4 is 35.0 Å². The molecule has 3 aromatic carbocycles. The Balaban J connectivity index is 1.62. The van der Waals surface area contributed by atoms with Gasteiger partial charge >= 0.3 is 0 Å². The average Bonchev–Trinajstić information content (AvgIpc) is 2.92. The van der Waals surface area contributed by atoms with Crippen molar-refractivity contribution < 1.29 is 14.3 Å². The van der Waals surface area contributed by atoms with Crippen molar-refractivity contribution in [1.29, 1.82) is 0 Å². The molecule has 7 heteroatoms. The molecule has 0 aromatic heterocycles. The molecule has 200 valence electrons. The Labute approximate surface area is 235 Å². The number of hydrogen-bond acceptors (Lipinski definition) is 3. The average molecular weight is 554 g/mol. The van der Waals surface area contributed by atoms with Gasteiger partial charge in [-0.15, -0.1) is 0 Å². The minimum atomic E-state index is -0.736. The molecule has 0 spiro atoms. The topological polar surface area (TPSA) is 58.6 Å². The fourth-order valence-corrected chi connectivity index (χ4v) is 5.26. The summed E-state index contributed by atoms with van der Waals surface area (Å²) in [6.07, 6.45) is 5.68. The van der Waals surface area contributed by atoms with Gasteiger partial charge in [-0.05, 0) is 55.2 Å². The van der Waals surface area contributed by atoms with Crippen LogP contribution in [0.1, 0.15) is 48.8 Å². The van der Waals surface area contributed by atoms with E-state index in [9.17, 15) is 9.59 Å². The number of nitrogens with one attached hydrogen (secondary N) is 1. The number of aryl methyl sites for hydroxylation is 1. The summed E-state index contributed by atoms with van der Waals surface area (Å²) in [5.74, 6) is 0.144. The highest BCUT2D eigenvalue weighted by Crippen LogP contribution is 2.25. The van der Waals surface area contributed by atoms with Gasteiger partial charge in [-0.3, -0.25) is 9.59 Å².